The Bertz CT molecular complexity index is 197. The summed E-state index contributed by atoms with van der Waals surface area (Å²) in [7, 11) is 4.40. The second-order valence-corrected chi connectivity index (χ2v) is 6.72. The molecule has 102 valence electrons. The van der Waals surface area contributed by atoms with Crippen molar-refractivity contribution in [3.8, 4) is 0 Å². The van der Waals surface area contributed by atoms with Crippen LogP contribution in [0.1, 0.15) is 39.0 Å². The number of nitrogens with zero attached hydrogens (tertiary/aromatic N) is 1. The molecule has 0 bridgehead atoms. The molecular formula is C14H30N2S. The number of thioether (sulfide) groups is 1. The zero-order chi connectivity index (χ0) is 12.7. The zero-order valence-corrected chi connectivity index (χ0v) is 12.9. The van der Waals surface area contributed by atoms with Gasteiger partial charge in [0.05, 0.1) is 0 Å². The largest absolute Gasteiger partial charge is 0.319 e. The van der Waals surface area contributed by atoms with Gasteiger partial charge in [0, 0.05) is 24.9 Å². The molecule has 0 heterocycles. The highest BCUT2D eigenvalue weighted by Crippen LogP contribution is 2.36. The maximum Gasteiger partial charge on any atom is 0.0155 e. The van der Waals surface area contributed by atoms with Gasteiger partial charge in [-0.1, -0.05) is 19.3 Å². The number of rotatable bonds is 7. The van der Waals surface area contributed by atoms with Crippen LogP contribution < -0.4 is 5.32 Å². The highest BCUT2D eigenvalue weighted by Gasteiger charge is 2.33. The van der Waals surface area contributed by atoms with Gasteiger partial charge >= 0.3 is 0 Å². The third kappa shape index (κ3) is 4.80. The third-order valence-corrected chi connectivity index (χ3v) is 5.03. The van der Waals surface area contributed by atoms with E-state index in [1.807, 2.05) is 11.8 Å². The zero-order valence-electron chi connectivity index (χ0n) is 12.1. The Morgan fingerprint density at radius 2 is 1.94 bits per heavy atom. The fourth-order valence-corrected chi connectivity index (χ4v) is 3.86. The summed E-state index contributed by atoms with van der Waals surface area (Å²) in [6.45, 7) is 4.80. The molecule has 1 aliphatic carbocycles. The molecule has 1 saturated carbocycles. The summed E-state index contributed by atoms with van der Waals surface area (Å²) in [5.74, 6) is 1.24. The lowest BCUT2D eigenvalue weighted by Crippen LogP contribution is -2.46. The van der Waals surface area contributed by atoms with Crippen LogP contribution in [0.15, 0.2) is 0 Å². The van der Waals surface area contributed by atoms with Crippen molar-refractivity contribution in [1.29, 1.82) is 0 Å². The van der Waals surface area contributed by atoms with Crippen LogP contribution in [-0.4, -0.2) is 50.1 Å². The fraction of sp³-hybridized carbons (Fsp3) is 1.00. The Balaban J connectivity index is 2.52. The molecule has 0 saturated heterocycles. The highest BCUT2D eigenvalue weighted by atomic mass is 32.2. The quantitative estimate of drug-likeness (QED) is 0.756. The van der Waals surface area contributed by atoms with E-state index in [9.17, 15) is 0 Å². The molecule has 1 N–H and O–H groups in total. The van der Waals surface area contributed by atoms with Crippen molar-refractivity contribution in [1.82, 2.24) is 10.2 Å². The predicted octanol–water partition coefficient (Wildman–Crippen LogP) is 2.84. The lowest BCUT2D eigenvalue weighted by atomic mass is 9.73. The van der Waals surface area contributed by atoms with Crippen molar-refractivity contribution in [3.63, 3.8) is 0 Å². The first-order valence-corrected chi connectivity index (χ1v) is 8.37. The molecule has 0 spiro atoms. The standard InChI is InChI=1S/C14H30N2S/c1-13(10-17-4)16(3)12-14(11-15-2)8-6-5-7-9-14/h13,15H,5-12H2,1-4H3. The second kappa shape index (κ2) is 7.65. The Kier molecular flexibility index (Phi) is 6.90. The van der Waals surface area contributed by atoms with Crippen LogP contribution in [0.25, 0.3) is 0 Å². The van der Waals surface area contributed by atoms with Crippen molar-refractivity contribution in [3.05, 3.63) is 0 Å². The van der Waals surface area contributed by atoms with Gasteiger partial charge in [-0.2, -0.15) is 11.8 Å². The lowest BCUT2D eigenvalue weighted by molar-refractivity contribution is 0.104. The Morgan fingerprint density at radius 3 is 2.47 bits per heavy atom. The summed E-state index contributed by atoms with van der Waals surface area (Å²) in [6, 6.07) is 0.695. The Labute approximate surface area is 112 Å². The number of hydrogen-bond acceptors (Lipinski definition) is 3. The van der Waals surface area contributed by atoms with Gasteiger partial charge in [0.15, 0.2) is 0 Å². The number of nitrogens with one attached hydrogen (secondary N) is 1. The third-order valence-electron chi connectivity index (χ3n) is 4.21. The normalized spacial score (nSPS) is 21.7. The molecule has 2 nitrogen and oxygen atoms in total. The first kappa shape index (κ1) is 15.3. The smallest absolute Gasteiger partial charge is 0.0155 e. The highest BCUT2D eigenvalue weighted by molar-refractivity contribution is 7.98. The van der Waals surface area contributed by atoms with Crippen LogP contribution >= 0.6 is 11.8 Å². The van der Waals surface area contributed by atoms with Gasteiger partial charge < -0.3 is 10.2 Å². The van der Waals surface area contributed by atoms with Gasteiger partial charge in [-0.25, -0.2) is 0 Å². The molecule has 1 unspecified atom stereocenters. The van der Waals surface area contributed by atoms with Crippen LogP contribution in [0, 0.1) is 5.41 Å². The lowest BCUT2D eigenvalue weighted by Gasteiger charge is -2.41. The molecule has 0 aromatic rings. The van der Waals surface area contributed by atoms with E-state index in [0.717, 1.165) is 0 Å². The van der Waals surface area contributed by atoms with Crippen molar-refractivity contribution >= 4 is 11.8 Å². The molecule has 17 heavy (non-hydrogen) atoms. The van der Waals surface area contributed by atoms with Crippen LogP contribution in [0.4, 0.5) is 0 Å². The molecule has 0 aliphatic heterocycles. The average molecular weight is 258 g/mol. The van der Waals surface area contributed by atoms with E-state index < -0.39 is 0 Å². The molecule has 1 atom stereocenters. The van der Waals surface area contributed by atoms with Crippen LogP contribution in [-0.2, 0) is 0 Å². The summed E-state index contributed by atoms with van der Waals surface area (Å²) in [5.41, 5.74) is 0.536. The van der Waals surface area contributed by atoms with Gasteiger partial charge in [0.2, 0.25) is 0 Å². The predicted molar refractivity (Wildman–Crippen MR) is 79.9 cm³/mol. The monoisotopic (exact) mass is 258 g/mol. The molecule has 0 radical (unpaired) electrons. The first-order valence-electron chi connectivity index (χ1n) is 6.97. The Morgan fingerprint density at radius 1 is 1.29 bits per heavy atom. The minimum atomic E-state index is 0.536. The molecule has 0 aromatic heterocycles. The van der Waals surface area contributed by atoms with Crippen molar-refractivity contribution in [2.24, 2.45) is 5.41 Å². The van der Waals surface area contributed by atoms with Gasteiger partial charge in [-0.15, -0.1) is 0 Å². The first-order chi connectivity index (χ1) is 8.13. The van der Waals surface area contributed by atoms with Gasteiger partial charge in [0.1, 0.15) is 0 Å². The molecule has 0 amide bonds. The summed E-state index contributed by atoms with van der Waals surface area (Å²) in [4.78, 5) is 2.57. The van der Waals surface area contributed by atoms with E-state index in [2.05, 4.69) is 37.5 Å². The fourth-order valence-electron chi connectivity index (χ4n) is 3.12. The van der Waals surface area contributed by atoms with Crippen LogP contribution in [0.3, 0.4) is 0 Å². The van der Waals surface area contributed by atoms with E-state index >= 15 is 0 Å². The summed E-state index contributed by atoms with van der Waals surface area (Å²) < 4.78 is 0. The minimum Gasteiger partial charge on any atom is -0.319 e. The van der Waals surface area contributed by atoms with E-state index in [4.69, 9.17) is 0 Å². The summed E-state index contributed by atoms with van der Waals surface area (Å²) in [6.07, 6.45) is 9.30. The van der Waals surface area contributed by atoms with Crippen molar-refractivity contribution in [2.75, 3.05) is 39.2 Å². The molecule has 1 aliphatic rings. The van der Waals surface area contributed by atoms with Gasteiger partial charge in [-0.05, 0) is 45.5 Å². The summed E-state index contributed by atoms with van der Waals surface area (Å²) >= 11 is 1.96. The molecule has 0 aromatic carbocycles. The molecule has 1 rings (SSSR count). The van der Waals surface area contributed by atoms with Crippen molar-refractivity contribution in [2.45, 2.75) is 45.1 Å². The Hall–Kier alpha value is 0.270. The topological polar surface area (TPSA) is 15.3 Å². The maximum absolute atomic E-state index is 3.42. The maximum atomic E-state index is 3.42. The van der Waals surface area contributed by atoms with Crippen molar-refractivity contribution < 1.29 is 0 Å². The molecular weight excluding hydrogens is 228 g/mol. The van der Waals surface area contributed by atoms with E-state index in [-0.39, 0.29) is 0 Å². The average Bonchev–Trinajstić information content (AvgIpc) is 2.30. The van der Waals surface area contributed by atoms with E-state index in [1.165, 1.54) is 50.9 Å². The van der Waals surface area contributed by atoms with E-state index in [0.29, 0.717) is 11.5 Å². The molecule has 1 fully saturated rings. The van der Waals surface area contributed by atoms with Gasteiger partial charge in [0.25, 0.3) is 0 Å². The molecule has 3 heteroatoms. The minimum absolute atomic E-state index is 0.536. The second-order valence-electron chi connectivity index (χ2n) is 5.81. The number of hydrogen-bond donors (Lipinski definition) is 1. The SMILES string of the molecule is CNCC1(CN(C)C(C)CSC)CCCCC1. The van der Waals surface area contributed by atoms with Crippen LogP contribution in [0.5, 0.6) is 0 Å². The summed E-state index contributed by atoms with van der Waals surface area (Å²) in [5, 5.41) is 3.42. The van der Waals surface area contributed by atoms with E-state index in [1.54, 1.807) is 0 Å². The van der Waals surface area contributed by atoms with Gasteiger partial charge in [-0.3, -0.25) is 0 Å². The van der Waals surface area contributed by atoms with Crippen LogP contribution in [0.2, 0.25) is 0 Å².